The lowest BCUT2D eigenvalue weighted by molar-refractivity contribution is -0.129. The summed E-state index contributed by atoms with van der Waals surface area (Å²) in [7, 11) is 0. The number of nitrogens with zero attached hydrogens (tertiary/aromatic N) is 2. The third kappa shape index (κ3) is 5.64. The molecule has 1 saturated heterocycles. The van der Waals surface area contributed by atoms with Gasteiger partial charge < -0.3 is 10.2 Å². The summed E-state index contributed by atoms with van der Waals surface area (Å²) in [5, 5.41) is 3.28. The zero-order chi connectivity index (χ0) is 23.2. The van der Waals surface area contributed by atoms with Crippen molar-refractivity contribution >= 4 is 11.8 Å². The minimum Gasteiger partial charge on any atom is -0.348 e. The quantitative estimate of drug-likeness (QED) is 0.683. The summed E-state index contributed by atoms with van der Waals surface area (Å²) in [6.07, 6.45) is 5.60. The van der Waals surface area contributed by atoms with Crippen molar-refractivity contribution in [1.82, 2.24) is 15.1 Å². The molecule has 2 amide bonds. The predicted molar refractivity (Wildman–Crippen MR) is 132 cm³/mol. The fourth-order valence-electron chi connectivity index (χ4n) is 5.34. The first kappa shape index (κ1) is 23.5. The van der Waals surface area contributed by atoms with E-state index in [2.05, 4.69) is 36.2 Å². The largest absolute Gasteiger partial charge is 0.348 e. The summed E-state index contributed by atoms with van der Waals surface area (Å²) < 4.78 is 0. The first-order chi connectivity index (χ1) is 16.1. The van der Waals surface area contributed by atoms with Gasteiger partial charge in [0, 0.05) is 31.7 Å². The van der Waals surface area contributed by atoms with Gasteiger partial charge in [0.25, 0.3) is 5.91 Å². The molecule has 2 aromatic rings. The maximum absolute atomic E-state index is 13.5. The number of amides is 2. The molecule has 5 nitrogen and oxygen atoms in total. The Balaban J connectivity index is 1.40. The second-order valence-corrected chi connectivity index (χ2v) is 9.51. The molecule has 1 aliphatic carbocycles. The van der Waals surface area contributed by atoms with Crippen molar-refractivity contribution in [2.45, 2.75) is 58.0 Å². The minimum atomic E-state index is -0.111. The van der Waals surface area contributed by atoms with E-state index in [1.807, 2.05) is 47.4 Å². The Bertz CT molecular complexity index is 914. The molecule has 2 aromatic carbocycles. The molecule has 2 fully saturated rings. The Labute approximate surface area is 198 Å². The van der Waals surface area contributed by atoms with Crippen LogP contribution in [0.5, 0.6) is 0 Å². The standard InChI is InChI=1S/C28H37N3O2/c1-3-22-13-15-25(16-14-22)28(33)31-19-17-30(18-20-31)26(24-11-7-8-12-24)27(32)29-21(2)23-9-5-4-6-10-23/h4-6,9-10,13-16,21,24,26H,3,7-8,11-12,17-20H2,1-2H3,(H,29,32)/t21-,26+/m1/s1. The molecule has 0 unspecified atom stereocenters. The number of aryl methyl sites for hydroxylation is 1. The molecule has 0 spiro atoms. The van der Waals surface area contributed by atoms with Gasteiger partial charge in [0.1, 0.15) is 0 Å². The van der Waals surface area contributed by atoms with Gasteiger partial charge in [-0.25, -0.2) is 0 Å². The maximum atomic E-state index is 13.5. The zero-order valence-corrected chi connectivity index (χ0v) is 20.0. The Morgan fingerprint density at radius 1 is 0.939 bits per heavy atom. The van der Waals surface area contributed by atoms with Gasteiger partial charge in [-0.2, -0.15) is 0 Å². The summed E-state index contributed by atoms with van der Waals surface area (Å²) in [4.78, 5) is 30.7. The first-order valence-corrected chi connectivity index (χ1v) is 12.5. The van der Waals surface area contributed by atoms with Crippen LogP contribution in [0.1, 0.15) is 67.1 Å². The first-order valence-electron chi connectivity index (χ1n) is 12.5. The molecule has 2 atom stereocenters. The highest BCUT2D eigenvalue weighted by molar-refractivity contribution is 5.94. The maximum Gasteiger partial charge on any atom is 0.253 e. The van der Waals surface area contributed by atoms with Gasteiger partial charge in [0.15, 0.2) is 0 Å². The number of piperazine rings is 1. The van der Waals surface area contributed by atoms with E-state index in [0.29, 0.717) is 19.0 Å². The van der Waals surface area contributed by atoms with Gasteiger partial charge >= 0.3 is 0 Å². The van der Waals surface area contributed by atoms with E-state index in [4.69, 9.17) is 0 Å². The molecule has 0 radical (unpaired) electrons. The summed E-state index contributed by atoms with van der Waals surface area (Å²) in [5.74, 6) is 0.627. The lowest BCUT2D eigenvalue weighted by Gasteiger charge is -2.41. The molecule has 1 N–H and O–H groups in total. The fraction of sp³-hybridized carbons (Fsp3) is 0.500. The third-order valence-electron chi connectivity index (χ3n) is 7.38. The fourth-order valence-corrected chi connectivity index (χ4v) is 5.34. The summed E-state index contributed by atoms with van der Waals surface area (Å²) in [6, 6.07) is 18.0. The molecule has 4 rings (SSSR count). The number of carbonyl (C=O) groups is 2. The molecule has 33 heavy (non-hydrogen) atoms. The SMILES string of the molecule is CCc1ccc(C(=O)N2CCN([C@H](C(=O)N[C@H](C)c3ccccc3)C3CCCC3)CC2)cc1. The molecule has 0 bridgehead atoms. The van der Waals surface area contributed by atoms with Gasteiger partial charge in [-0.05, 0) is 55.4 Å². The number of hydrogen-bond acceptors (Lipinski definition) is 3. The molecular weight excluding hydrogens is 410 g/mol. The number of carbonyl (C=O) groups excluding carboxylic acids is 2. The van der Waals surface area contributed by atoms with Crippen LogP contribution in [-0.2, 0) is 11.2 Å². The normalized spacial score (nSPS) is 19.3. The summed E-state index contributed by atoms with van der Waals surface area (Å²) in [5.41, 5.74) is 3.12. The van der Waals surface area contributed by atoms with E-state index < -0.39 is 0 Å². The van der Waals surface area contributed by atoms with Crippen LogP contribution in [0.4, 0.5) is 0 Å². The summed E-state index contributed by atoms with van der Waals surface area (Å²) >= 11 is 0. The van der Waals surface area contributed by atoms with E-state index >= 15 is 0 Å². The Morgan fingerprint density at radius 2 is 1.58 bits per heavy atom. The average molecular weight is 448 g/mol. The van der Waals surface area contributed by atoms with Crippen molar-refractivity contribution in [2.75, 3.05) is 26.2 Å². The van der Waals surface area contributed by atoms with Crippen LogP contribution < -0.4 is 5.32 Å². The van der Waals surface area contributed by atoms with Gasteiger partial charge in [-0.3, -0.25) is 14.5 Å². The smallest absolute Gasteiger partial charge is 0.253 e. The van der Waals surface area contributed by atoms with E-state index in [1.54, 1.807) is 0 Å². The monoisotopic (exact) mass is 447 g/mol. The van der Waals surface area contributed by atoms with Gasteiger partial charge in [-0.1, -0.05) is 62.2 Å². The van der Waals surface area contributed by atoms with Gasteiger partial charge in [0.2, 0.25) is 5.91 Å². The molecule has 2 aliphatic rings. The number of benzene rings is 2. The molecule has 0 aromatic heterocycles. The number of rotatable bonds is 7. The van der Waals surface area contributed by atoms with Crippen molar-refractivity contribution in [2.24, 2.45) is 5.92 Å². The van der Waals surface area contributed by atoms with Crippen LogP contribution in [0.15, 0.2) is 54.6 Å². The van der Waals surface area contributed by atoms with Crippen molar-refractivity contribution in [3.63, 3.8) is 0 Å². The van der Waals surface area contributed by atoms with Crippen LogP contribution >= 0.6 is 0 Å². The summed E-state index contributed by atoms with van der Waals surface area (Å²) in [6.45, 7) is 6.99. The van der Waals surface area contributed by atoms with E-state index in [9.17, 15) is 9.59 Å². The lowest BCUT2D eigenvalue weighted by Crippen LogP contribution is -2.58. The van der Waals surface area contributed by atoms with Crippen LogP contribution in [-0.4, -0.2) is 53.8 Å². The predicted octanol–water partition coefficient (Wildman–Crippen LogP) is 4.44. The Morgan fingerprint density at radius 3 is 2.18 bits per heavy atom. The second kappa shape index (κ2) is 11.0. The van der Waals surface area contributed by atoms with Crippen molar-refractivity contribution < 1.29 is 9.59 Å². The van der Waals surface area contributed by atoms with Crippen LogP contribution in [0.25, 0.3) is 0 Å². The van der Waals surface area contributed by atoms with Gasteiger partial charge in [-0.15, -0.1) is 0 Å². The Kier molecular flexibility index (Phi) is 7.81. The third-order valence-corrected chi connectivity index (χ3v) is 7.38. The molecule has 1 heterocycles. The minimum absolute atomic E-state index is 0.0171. The number of nitrogens with one attached hydrogen (secondary N) is 1. The highest BCUT2D eigenvalue weighted by Crippen LogP contribution is 2.31. The van der Waals surface area contributed by atoms with Crippen molar-refractivity contribution in [3.8, 4) is 0 Å². The second-order valence-electron chi connectivity index (χ2n) is 9.51. The van der Waals surface area contributed by atoms with E-state index in [0.717, 1.165) is 43.5 Å². The lowest BCUT2D eigenvalue weighted by atomic mass is 9.94. The zero-order valence-electron chi connectivity index (χ0n) is 20.0. The highest BCUT2D eigenvalue weighted by Gasteiger charge is 2.37. The van der Waals surface area contributed by atoms with Crippen LogP contribution in [0.2, 0.25) is 0 Å². The van der Waals surface area contributed by atoms with Crippen LogP contribution in [0, 0.1) is 5.92 Å². The molecule has 1 saturated carbocycles. The van der Waals surface area contributed by atoms with E-state index in [1.165, 1.54) is 18.4 Å². The van der Waals surface area contributed by atoms with Crippen LogP contribution in [0.3, 0.4) is 0 Å². The molecule has 176 valence electrons. The molecule has 1 aliphatic heterocycles. The molecule has 5 heteroatoms. The molecular formula is C28H37N3O2. The topological polar surface area (TPSA) is 52.7 Å². The van der Waals surface area contributed by atoms with E-state index in [-0.39, 0.29) is 23.9 Å². The Hall–Kier alpha value is -2.66. The highest BCUT2D eigenvalue weighted by atomic mass is 16.2. The average Bonchev–Trinajstić information content (AvgIpc) is 3.39. The van der Waals surface area contributed by atoms with Crippen molar-refractivity contribution in [1.29, 1.82) is 0 Å². The van der Waals surface area contributed by atoms with Gasteiger partial charge in [0.05, 0.1) is 12.1 Å². The number of hydrogen-bond donors (Lipinski definition) is 1. The van der Waals surface area contributed by atoms with Crippen molar-refractivity contribution in [3.05, 3.63) is 71.3 Å².